The Morgan fingerprint density at radius 3 is 2.53 bits per heavy atom. The van der Waals surface area contributed by atoms with E-state index in [1.165, 1.54) is 6.20 Å². The van der Waals surface area contributed by atoms with Gasteiger partial charge in [0.1, 0.15) is 28.5 Å². The Morgan fingerprint density at radius 1 is 1.23 bits per heavy atom. The molecule has 3 heterocycles. The average molecular weight is 416 g/mol. The lowest BCUT2D eigenvalue weighted by Crippen LogP contribution is -2.39. The van der Waals surface area contributed by atoms with Crippen molar-refractivity contribution >= 4 is 28.7 Å². The smallest absolute Gasteiger partial charge is 0.254 e. The second-order valence-electron chi connectivity index (χ2n) is 7.58. The molecule has 0 radical (unpaired) electrons. The van der Waals surface area contributed by atoms with Gasteiger partial charge in [0.25, 0.3) is 11.8 Å². The summed E-state index contributed by atoms with van der Waals surface area (Å²) < 4.78 is 28.6. The van der Waals surface area contributed by atoms with Gasteiger partial charge in [0.2, 0.25) is 0 Å². The number of fused-ring (bicyclic) bond motifs is 1. The molecule has 1 aliphatic rings. The predicted octanol–water partition coefficient (Wildman–Crippen LogP) is 2.66. The Hall–Kier alpha value is -3.43. The number of phenols is 1. The predicted molar refractivity (Wildman–Crippen MR) is 109 cm³/mol. The maximum atomic E-state index is 13.5. The molecule has 1 amide bonds. The fourth-order valence-corrected chi connectivity index (χ4v) is 3.91. The molecule has 5 N–H and O–H groups in total. The van der Waals surface area contributed by atoms with Crippen LogP contribution >= 0.6 is 0 Å². The van der Waals surface area contributed by atoms with Crippen molar-refractivity contribution in [2.75, 3.05) is 23.7 Å². The highest BCUT2D eigenvalue weighted by Crippen LogP contribution is 2.36. The third-order valence-corrected chi connectivity index (χ3v) is 5.58. The zero-order valence-corrected chi connectivity index (χ0v) is 16.6. The van der Waals surface area contributed by atoms with Crippen LogP contribution in [0.15, 0.2) is 18.3 Å². The lowest BCUT2D eigenvalue weighted by Gasteiger charge is -2.32. The summed E-state index contributed by atoms with van der Waals surface area (Å²) in [5.74, 6) is -2.97. The Labute approximate surface area is 171 Å². The molecule has 0 saturated carbocycles. The summed E-state index contributed by atoms with van der Waals surface area (Å²) in [4.78, 5) is 22.8. The van der Waals surface area contributed by atoms with E-state index in [2.05, 4.69) is 9.97 Å². The number of rotatable bonds is 3. The SMILES string of the molecule is Cc1ccc(O)c(C)c1-n1c(N)c(C(N)=O)c2nc(N3CCC(F)(F)CC3)cnc21. The van der Waals surface area contributed by atoms with Crippen LogP contribution in [0, 0.1) is 13.8 Å². The van der Waals surface area contributed by atoms with Crippen molar-refractivity contribution in [3.8, 4) is 11.4 Å². The van der Waals surface area contributed by atoms with E-state index in [1.54, 1.807) is 28.5 Å². The van der Waals surface area contributed by atoms with Gasteiger partial charge < -0.3 is 21.5 Å². The van der Waals surface area contributed by atoms with E-state index in [0.717, 1.165) is 5.56 Å². The van der Waals surface area contributed by atoms with Crippen molar-refractivity contribution in [1.82, 2.24) is 14.5 Å². The average Bonchev–Trinajstić information content (AvgIpc) is 2.96. The number of benzene rings is 1. The van der Waals surface area contributed by atoms with Gasteiger partial charge in [-0.15, -0.1) is 0 Å². The highest BCUT2D eigenvalue weighted by Gasteiger charge is 2.35. The Bertz CT molecular complexity index is 1160. The molecule has 3 aromatic rings. The molecular formula is C20H22F2N6O2. The third-order valence-electron chi connectivity index (χ3n) is 5.58. The Kier molecular flexibility index (Phi) is 4.52. The number of nitrogens with zero attached hydrogens (tertiary/aromatic N) is 4. The molecule has 0 bridgehead atoms. The van der Waals surface area contributed by atoms with Crippen LogP contribution in [0.3, 0.4) is 0 Å². The van der Waals surface area contributed by atoms with E-state index < -0.39 is 11.8 Å². The number of alkyl halides is 2. The zero-order chi connectivity index (χ0) is 21.8. The van der Waals surface area contributed by atoms with E-state index in [1.807, 2.05) is 6.92 Å². The monoisotopic (exact) mass is 416 g/mol. The van der Waals surface area contributed by atoms with Gasteiger partial charge in [0.05, 0.1) is 11.9 Å². The normalized spacial score (nSPS) is 16.2. The number of carbonyl (C=O) groups is 1. The van der Waals surface area contributed by atoms with E-state index >= 15 is 0 Å². The highest BCUT2D eigenvalue weighted by molar-refractivity contribution is 6.09. The van der Waals surface area contributed by atoms with Crippen LogP contribution in [-0.4, -0.2) is 44.6 Å². The summed E-state index contributed by atoms with van der Waals surface area (Å²) in [5, 5.41) is 10.2. The third kappa shape index (κ3) is 3.08. The second-order valence-corrected chi connectivity index (χ2v) is 7.58. The van der Waals surface area contributed by atoms with Crippen LogP contribution < -0.4 is 16.4 Å². The molecule has 2 aromatic heterocycles. The number of carbonyl (C=O) groups excluding carboxylic acids is 1. The molecular weight excluding hydrogens is 394 g/mol. The van der Waals surface area contributed by atoms with Crippen LogP contribution in [0.2, 0.25) is 0 Å². The molecule has 1 saturated heterocycles. The lowest BCUT2D eigenvalue weighted by atomic mass is 10.1. The van der Waals surface area contributed by atoms with E-state index in [9.17, 15) is 18.7 Å². The van der Waals surface area contributed by atoms with Crippen molar-refractivity contribution in [2.45, 2.75) is 32.6 Å². The van der Waals surface area contributed by atoms with Gasteiger partial charge in [-0.05, 0) is 25.5 Å². The van der Waals surface area contributed by atoms with E-state index in [4.69, 9.17) is 11.5 Å². The quantitative estimate of drug-likeness (QED) is 0.603. The van der Waals surface area contributed by atoms with Crippen molar-refractivity contribution in [3.05, 3.63) is 35.0 Å². The molecule has 1 fully saturated rings. The Balaban J connectivity index is 1.92. The second kappa shape index (κ2) is 6.82. The molecule has 30 heavy (non-hydrogen) atoms. The number of nitrogen functional groups attached to an aromatic ring is 1. The number of hydrogen-bond donors (Lipinski definition) is 3. The summed E-state index contributed by atoms with van der Waals surface area (Å²) in [6.07, 6.45) is 0.917. The van der Waals surface area contributed by atoms with Crippen LogP contribution in [0.4, 0.5) is 20.4 Å². The van der Waals surface area contributed by atoms with Crippen LogP contribution in [0.5, 0.6) is 5.75 Å². The molecule has 158 valence electrons. The minimum absolute atomic E-state index is 0.00355. The number of primary amides is 1. The molecule has 4 rings (SSSR count). The zero-order valence-electron chi connectivity index (χ0n) is 16.6. The number of hydrogen-bond acceptors (Lipinski definition) is 6. The van der Waals surface area contributed by atoms with Gasteiger partial charge in [0.15, 0.2) is 5.65 Å². The van der Waals surface area contributed by atoms with Crippen LogP contribution in [0.25, 0.3) is 16.9 Å². The number of halogens is 2. The van der Waals surface area contributed by atoms with Gasteiger partial charge in [0, 0.05) is 31.5 Å². The molecule has 0 aliphatic carbocycles. The van der Waals surface area contributed by atoms with E-state index in [-0.39, 0.29) is 48.6 Å². The molecule has 0 unspecified atom stereocenters. The number of aromatic nitrogens is 3. The molecule has 8 nitrogen and oxygen atoms in total. The maximum Gasteiger partial charge on any atom is 0.254 e. The highest BCUT2D eigenvalue weighted by atomic mass is 19.3. The van der Waals surface area contributed by atoms with E-state index in [0.29, 0.717) is 22.7 Å². The van der Waals surface area contributed by atoms with Crippen molar-refractivity contribution in [2.24, 2.45) is 5.73 Å². The van der Waals surface area contributed by atoms with Gasteiger partial charge in [-0.25, -0.2) is 18.7 Å². The summed E-state index contributed by atoms with van der Waals surface area (Å²) in [6, 6.07) is 3.30. The van der Waals surface area contributed by atoms with Gasteiger partial charge >= 0.3 is 0 Å². The van der Waals surface area contributed by atoms with Crippen LogP contribution in [0.1, 0.15) is 34.3 Å². The first kappa shape index (κ1) is 19.9. The van der Waals surface area contributed by atoms with Gasteiger partial charge in [-0.3, -0.25) is 9.36 Å². The first-order valence-corrected chi connectivity index (χ1v) is 9.50. The summed E-state index contributed by atoms with van der Waals surface area (Å²) >= 11 is 0. The molecule has 0 atom stereocenters. The minimum atomic E-state index is -2.69. The fraction of sp³-hybridized carbons (Fsp3) is 0.350. The fourth-order valence-electron chi connectivity index (χ4n) is 3.91. The van der Waals surface area contributed by atoms with Crippen molar-refractivity contribution in [1.29, 1.82) is 0 Å². The number of nitrogens with two attached hydrogens (primary N) is 2. The van der Waals surface area contributed by atoms with Gasteiger partial charge in [-0.1, -0.05) is 6.07 Å². The topological polar surface area (TPSA) is 123 Å². The first-order valence-electron chi connectivity index (χ1n) is 9.50. The number of phenolic OH excluding ortho intramolecular Hbond substituents is 1. The van der Waals surface area contributed by atoms with Crippen molar-refractivity contribution in [3.63, 3.8) is 0 Å². The number of aryl methyl sites for hydroxylation is 1. The molecule has 1 aliphatic heterocycles. The van der Waals surface area contributed by atoms with Crippen molar-refractivity contribution < 1.29 is 18.7 Å². The first-order chi connectivity index (χ1) is 14.1. The number of piperidine rings is 1. The molecule has 0 spiro atoms. The maximum absolute atomic E-state index is 13.5. The van der Waals surface area contributed by atoms with Crippen LogP contribution in [-0.2, 0) is 0 Å². The molecule has 1 aromatic carbocycles. The largest absolute Gasteiger partial charge is 0.508 e. The Morgan fingerprint density at radius 2 is 1.90 bits per heavy atom. The standard InChI is InChI=1S/C20H22F2N6O2/c1-10-3-4-12(29)11(2)16(10)28-17(23)14(18(24)30)15-19(28)25-9-13(26-15)27-7-5-20(21,22)6-8-27/h3-4,9,29H,5-8,23H2,1-2H3,(H2,24,30). The molecule has 10 heteroatoms. The minimum Gasteiger partial charge on any atom is -0.508 e. The number of amides is 1. The summed E-state index contributed by atoms with van der Waals surface area (Å²) in [5.41, 5.74) is 14.3. The summed E-state index contributed by atoms with van der Waals surface area (Å²) in [6.45, 7) is 3.81. The summed E-state index contributed by atoms with van der Waals surface area (Å²) in [7, 11) is 0. The van der Waals surface area contributed by atoms with Gasteiger partial charge in [-0.2, -0.15) is 0 Å². The number of anilines is 2. The lowest BCUT2D eigenvalue weighted by molar-refractivity contribution is -0.0221. The number of aromatic hydroxyl groups is 1.